The molecule has 0 heterocycles. The molecule has 0 bridgehead atoms. The number of nitrogens with one attached hydrogen (secondary N) is 1. The van der Waals surface area contributed by atoms with Crippen LogP contribution >= 0.6 is 0 Å². The summed E-state index contributed by atoms with van der Waals surface area (Å²) in [7, 11) is 0. The molecule has 2 rings (SSSR count). The lowest BCUT2D eigenvalue weighted by molar-refractivity contribution is 0.155. The predicted octanol–water partition coefficient (Wildman–Crippen LogP) is 5.70. The summed E-state index contributed by atoms with van der Waals surface area (Å²) in [6, 6.07) is 13.6. The van der Waals surface area contributed by atoms with E-state index in [0.29, 0.717) is 0 Å². The van der Waals surface area contributed by atoms with Crippen LogP contribution in [-0.4, -0.2) is 6.09 Å². The van der Waals surface area contributed by atoms with E-state index in [1.165, 1.54) is 0 Å². The van der Waals surface area contributed by atoms with Gasteiger partial charge in [0.05, 0.1) is 0 Å². The summed E-state index contributed by atoms with van der Waals surface area (Å²) in [6.45, 7) is 4.58. The second-order valence-electron chi connectivity index (χ2n) is 6.60. The van der Waals surface area contributed by atoms with Crippen molar-refractivity contribution in [2.75, 3.05) is 11.1 Å². The van der Waals surface area contributed by atoms with Gasteiger partial charge in [-0.3, -0.25) is 5.32 Å². The van der Waals surface area contributed by atoms with Crippen LogP contribution in [0, 0.1) is 0 Å². The highest BCUT2D eigenvalue weighted by Gasteiger charge is 2.11. The van der Waals surface area contributed by atoms with Gasteiger partial charge in [-0.1, -0.05) is 57.0 Å². The average Bonchev–Trinajstić information content (AvgIpc) is 2.66. The minimum atomic E-state index is -0.443. The lowest BCUT2D eigenvalue weighted by Crippen LogP contribution is -2.14. The van der Waals surface area contributed by atoms with Gasteiger partial charge >= 0.3 is 6.09 Å². The number of carbonyl (C=O) groups is 1. The van der Waals surface area contributed by atoms with Gasteiger partial charge in [0.25, 0.3) is 0 Å². The van der Waals surface area contributed by atoms with Crippen molar-refractivity contribution in [2.45, 2.75) is 59.0 Å². The Bertz CT molecular complexity index is 670. The molecular weight excluding hydrogens is 324 g/mol. The number of unbranched alkanes of at least 4 members (excludes halogenated alkanes) is 2. The fourth-order valence-electron chi connectivity index (χ4n) is 2.88. The van der Waals surface area contributed by atoms with Gasteiger partial charge in [-0.15, -0.1) is 0 Å². The molecule has 0 saturated heterocycles. The molecule has 4 nitrogen and oxygen atoms in total. The molecule has 3 N–H and O–H groups in total. The lowest BCUT2D eigenvalue weighted by atomic mass is 9.98. The zero-order valence-electron chi connectivity index (χ0n) is 15.9. The number of nitrogen functional groups attached to an aromatic ring is 1. The molecule has 0 atom stereocenters. The number of rotatable bonds is 9. The molecule has 0 fully saturated rings. The van der Waals surface area contributed by atoms with Gasteiger partial charge in [-0.2, -0.15) is 0 Å². The summed E-state index contributed by atoms with van der Waals surface area (Å²) in [5, 5.41) is 2.86. The number of hydrogen-bond acceptors (Lipinski definition) is 3. The van der Waals surface area contributed by atoms with E-state index >= 15 is 0 Å². The lowest BCUT2D eigenvalue weighted by Gasteiger charge is -2.15. The molecule has 140 valence electrons. The highest BCUT2D eigenvalue weighted by molar-refractivity contribution is 5.85. The molecule has 26 heavy (non-hydrogen) atoms. The van der Waals surface area contributed by atoms with Crippen LogP contribution in [0.5, 0.6) is 0 Å². The van der Waals surface area contributed by atoms with Gasteiger partial charge in [0.1, 0.15) is 6.61 Å². The van der Waals surface area contributed by atoms with Crippen molar-refractivity contribution < 1.29 is 9.53 Å². The second-order valence-corrected chi connectivity index (χ2v) is 6.60. The molecule has 0 aliphatic carbocycles. The van der Waals surface area contributed by atoms with E-state index in [1.54, 1.807) is 0 Å². The molecule has 2 aromatic rings. The summed E-state index contributed by atoms with van der Waals surface area (Å²) in [4.78, 5) is 12.2. The van der Waals surface area contributed by atoms with Crippen LogP contribution in [0.25, 0.3) is 0 Å². The first kappa shape index (κ1) is 19.8. The van der Waals surface area contributed by atoms with Crippen LogP contribution in [0.3, 0.4) is 0 Å². The van der Waals surface area contributed by atoms with E-state index in [-0.39, 0.29) is 6.61 Å². The van der Waals surface area contributed by atoms with Crippen molar-refractivity contribution in [1.29, 1.82) is 0 Å². The predicted molar refractivity (Wildman–Crippen MR) is 108 cm³/mol. The van der Waals surface area contributed by atoms with Crippen molar-refractivity contribution in [3.05, 3.63) is 59.2 Å². The molecule has 0 aromatic heterocycles. The number of hydrogen-bond donors (Lipinski definition) is 2. The first-order valence-electron chi connectivity index (χ1n) is 9.53. The maximum absolute atomic E-state index is 12.2. The van der Waals surface area contributed by atoms with E-state index < -0.39 is 6.09 Å². The Morgan fingerprint density at radius 2 is 1.58 bits per heavy atom. The second kappa shape index (κ2) is 10.5. The quantitative estimate of drug-likeness (QED) is 0.567. The van der Waals surface area contributed by atoms with Crippen molar-refractivity contribution in [3.63, 3.8) is 0 Å². The van der Waals surface area contributed by atoms with Crippen molar-refractivity contribution in [3.8, 4) is 0 Å². The third-order valence-corrected chi connectivity index (χ3v) is 4.41. The molecule has 0 saturated carbocycles. The van der Waals surface area contributed by atoms with Crippen LogP contribution < -0.4 is 11.1 Å². The summed E-state index contributed by atoms with van der Waals surface area (Å²) in [5.74, 6) is 0. The SMILES string of the molecule is CCCCc1cc(NC(=O)OCc2ccccc2)cc(CCCC)c1N. The molecule has 2 aromatic carbocycles. The molecule has 0 unspecified atom stereocenters. The van der Waals surface area contributed by atoms with Gasteiger partial charge in [-0.25, -0.2) is 4.79 Å². The van der Waals surface area contributed by atoms with E-state index in [0.717, 1.165) is 66.6 Å². The number of aryl methyl sites for hydroxylation is 2. The third kappa shape index (κ3) is 6.10. The van der Waals surface area contributed by atoms with Gasteiger partial charge in [0.15, 0.2) is 0 Å². The zero-order valence-corrected chi connectivity index (χ0v) is 15.9. The normalized spacial score (nSPS) is 10.5. The largest absolute Gasteiger partial charge is 0.444 e. The number of amides is 1. The Balaban J connectivity index is 2.06. The van der Waals surface area contributed by atoms with Crippen LogP contribution in [0.15, 0.2) is 42.5 Å². The van der Waals surface area contributed by atoms with E-state index in [2.05, 4.69) is 19.2 Å². The fourth-order valence-corrected chi connectivity index (χ4v) is 2.88. The molecule has 0 aliphatic heterocycles. The van der Waals surface area contributed by atoms with E-state index in [1.807, 2.05) is 42.5 Å². The number of ether oxygens (including phenoxy) is 1. The first-order valence-corrected chi connectivity index (χ1v) is 9.53. The van der Waals surface area contributed by atoms with Gasteiger partial charge in [0, 0.05) is 11.4 Å². The van der Waals surface area contributed by atoms with Crippen LogP contribution in [0.2, 0.25) is 0 Å². The minimum Gasteiger partial charge on any atom is -0.444 e. The Morgan fingerprint density at radius 1 is 1.00 bits per heavy atom. The highest BCUT2D eigenvalue weighted by atomic mass is 16.5. The smallest absolute Gasteiger partial charge is 0.411 e. The fraction of sp³-hybridized carbons (Fsp3) is 0.409. The zero-order chi connectivity index (χ0) is 18.8. The van der Waals surface area contributed by atoms with E-state index in [4.69, 9.17) is 10.5 Å². The molecule has 1 amide bonds. The maximum atomic E-state index is 12.2. The van der Waals surface area contributed by atoms with Gasteiger partial charge in [0.2, 0.25) is 0 Å². The molecule has 4 heteroatoms. The maximum Gasteiger partial charge on any atom is 0.411 e. The van der Waals surface area contributed by atoms with Crippen LogP contribution in [0.1, 0.15) is 56.2 Å². The van der Waals surface area contributed by atoms with Crippen molar-refractivity contribution in [1.82, 2.24) is 0 Å². The number of benzene rings is 2. The van der Waals surface area contributed by atoms with E-state index in [9.17, 15) is 4.79 Å². The Morgan fingerprint density at radius 3 is 2.12 bits per heavy atom. The minimum absolute atomic E-state index is 0.257. The number of nitrogens with two attached hydrogens (primary N) is 1. The summed E-state index contributed by atoms with van der Waals surface area (Å²) in [6.07, 6.45) is 5.80. The monoisotopic (exact) mass is 354 g/mol. The van der Waals surface area contributed by atoms with Crippen molar-refractivity contribution >= 4 is 17.5 Å². The van der Waals surface area contributed by atoms with Crippen molar-refractivity contribution in [2.24, 2.45) is 0 Å². The Hall–Kier alpha value is -2.49. The average molecular weight is 354 g/mol. The standard InChI is InChI=1S/C22H30N2O2/c1-3-5-12-18-14-20(15-19(21(18)23)13-6-4-2)24-22(25)26-16-17-10-8-7-9-11-17/h7-11,14-15H,3-6,12-13,16,23H2,1-2H3,(H,24,25). The van der Waals surface area contributed by atoms with Crippen LogP contribution in [0.4, 0.5) is 16.2 Å². The number of anilines is 2. The third-order valence-electron chi connectivity index (χ3n) is 4.41. The molecule has 0 spiro atoms. The Kier molecular flexibility index (Phi) is 8.00. The summed E-state index contributed by atoms with van der Waals surface area (Å²) in [5.41, 5.74) is 11.2. The summed E-state index contributed by atoms with van der Waals surface area (Å²) >= 11 is 0. The Labute approximate surface area is 156 Å². The molecule has 0 aliphatic rings. The van der Waals surface area contributed by atoms with Crippen LogP contribution in [-0.2, 0) is 24.2 Å². The summed E-state index contributed by atoms with van der Waals surface area (Å²) < 4.78 is 5.32. The first-order chi connectivity index (χ1) is 12.6. The number of carbonyl (C=O) groups excluding carboxylic acids is 1. The van der Waals surface area contributed by atoms with Gasteiger partial charge < -0.3 is 10.5 Å². The van der Waals surface area contributed by atoms with Gasteiger partial charge in [-0.05, 0) is 54.5 Å². The molecular formula is C22H30N2O2. The topological polar surface area (TPSA) is 64.3 Å². The molecule has 0 radical (unpaired) electrons. The highest BCUT2D eigenvalue weighted by Crippen LogP contribution is 2.26.